The molecule has 1 N–H and O–H groups in total. The number of hydrogen-bond acceptors (Lipinski definition) is 5. The molecule has 3 rings (SSSR count). The van der Waals surface area contributed by atoms with Gasteiger partial charge in [-0.25, -0.2) is 9.50 Å². The van der Waals surface area contributed by atoms with Crippen LogP contribution in [0, 0.1) is 0 Å². The van der Waals surface area contributed by atoms with Crippen molar-refractivity contribution in [2.24, 2.45) is 0 Å². The zero-order valence-corrected chi connectivity index (χ0v) is 11.8. The first-order valence-electron chi connectivity index (χ1n) is 6.08. The second kappa shape index (κ2) is 5.20. The standard InChI is InChI=1S/C13H6ClF3N4O2/c14-7-1-2-9(22)8(3-7)10(23)6-4-18-12-19-11(13(15,16)17)20-21(12)5-6/h1-5,22H. The van der Waals surface area contributed by atoms with Crippen LogP contribution < -0.4 is 0 Å². The van der Waals surface area contributed by atoms with E-state index in [9.17, 15) is 23.1 Å². The lowest BCUT2D eigenvalue weighted by Crippen LogP contribution is -2.08. The van der Waals surface area contributed by atoms with Gasteiger partial charge >= 0.3 is 6.18 Å². The molecule has 0 aliphatic rings. The van der Waals surface area contributed by atoms with E-state index in [0.29, 0.717) is 0 Å². The van der Waals surface area contributed by atoms with Crippen molar-refractivity contribution in [1.82, 2.24) is 19.6 Å². The van der Waals surface area contributed by atoms with Gasteiger partial charge in [0.1, 0.15) is 5.75 Å². The highest BCUT2D eigenvalue weighted by Gasteiger charge is 2.36. The van der Waals surface area contributed by atoms with Crippen LogP contribution in [-0.4, -0.2) is 30.5 Å². The Bertz CT molecular complexity index is 923. The topological polar surface area (TPSA) is 80.4 Å². The molecule has 0 bridgehead atoms. The lowest BCUT2D eigenvalue weighted by atomic mass is 10.1. The fraction of sp³-hybridized carbons (Fsp3) is 0.0769. The van der Waals surface area contributed by atoms with Crippen molar-refractivity contribution in [2.45, 2.75) is 6.18 Å². The highest BCUT2D eigenvalue weighted by Crippen LogP contribution is 2.27. The van der Waals surface area contributed by atoms with Gasteiger partial charge in [-0.1, -0.05) is 11.6 Å². The maximum absolute atomic E-state index is 12.6. The molecule has 0 saturated carbocycles. The van der Waals surface area contributed by atoms with Gasteiger partial charge in [-0.05, 0) is 18.2 Å². The fourth-order valence-electron chi connectivity index (χ4n) is 1.87. The second-order valence-corrected chi connectivity index (χ2v) is 4.95. The van der Waals surface area contributed by atoms with E-state index >= 15 is 0 Å². The molecule has 0 fully saturated rings. The third-order valence-corrected chi connectivity index (χ3v) is 3.15. The third kappa shape index (κ3) is 2.82. The number of aromatic hydroxyl groups is 1. The van der Waals surface area contributed by atoms with E-state index < -0.39 is 17.8 Å². The molecule has 2 heterocycles. The number of carbonyl (C=O) groups excluding carboxylic acids is 1. The number of aromatic nitrogens is 4. The van der Waals surface area contributed by atoms with Crippen LogP contribution in [0.3, 0.4) is 0 Å². The van der Waals surface area contributed by atoms with Crippen LogP contribution in [0.4, 0.5) is 13.2 Å². The van der Waals surface area contributed by atoms with Gasteiger partial charge < -0.3 is 5.11 Å². The van der Waals surface area contributed by atoms with Crippen molar-refractivity contribution in [2.75, 3.05) is 0 Å². The molecule has 0 spiro atoms. The Morgan fingerprint density at radius 2 is 2.04 bits per heavy atom. The van der Waals surface area contributed by atoms with Crippen LogP contribution in [0.1, 0.15) is 21.7 Å². The van der Waals surface area contributed by atoms with Gasteiger partial charge in [0.25, 0.3) is 11.6 Å². The maximum Gasteiger partial charge on any atom is 0.453 e. The summed E-state index contributed by atoms with van der Waals surface area (Å²) in [5.74, 6) is -2.64. The van der Waals surface area contributed by atoms with Crippen LogP contribution in [0.25, 0.3) is 5.78 Å². The summed E-state index contributed by atoms with van der Waals surface area (Å²) in [6, 6.07) is 3.87. The highest BCUT2D eigenvalue weighted by molar-refractivity contribution is 6.31. The zero-order valence-electron chi connectivity index (χ0n) is 11.0. The first-order valence-corrected chi connectivity index (χ1v) is 6.46. The Hall–Kier alpha value is -2.68. The maximum atomic E-state index is 12.6. The van der Waals surface area contributed by atoms with Gasteiger partial charge in [-0.2, -0.15) is 18.2 Å². The van der Waals surface area contributed by atoms with Gasteiger partial charge in [0.15, 0.2) is 5.78 Å². The molecule has 0 atom stereocenters. The van der Waals surface area contributed by atoms with Gasteiger partial charge in [0.05, 0.1) is 11.1 Å². The molecular weight excluding hydrogens is 337 g/mol. The minimum atomic E-state index is -4.72. The summed E-state index contributed by atoms with van der Waals surface area (Å²) in [7, 11) is 0. The predicted molar refractivity (Wildman–Crippen MR) is 72.3 cm³/mol. The number of nitrogens with zero attached hydrogens (tertiary/aromatic N) is 4. The molecule has 3 aromatic rings. The molecule has 0 amide bonds. The minimum absolute atomic E-state index is 0.0753. The first kappa shape index (κ1) is 15.2. The smallest absolute Gasteiger partial charge is 0.453 e. The molecule has 0 radical (unpaired) electrons. The average Bonchev–Trinajstić information content (AvgIpc) is 2.92. The van der Waals surface area contributed by atoms with E-state index in [0.717, 1.165) is 16.9 Å². The van der Waals surface area contributed by atoms with E-state index in [-0.39, 0.29) is 27.7 Å². The number of halogens is 4. The summed E-state index contributed by atoms with van der Waals surface area (Å²) in [4.78, 5) is 19.2. The van der Waals surface area contributed by atoms with Crippen LogP contribution in [0.15, 0.2) is 30.6 Å². The molecule has 118 valence electrons. The number of fused-ring (bicyclic) bond motifs is 1. The lowest BCUT2D eigenvalue weighted by molar-refractivity contribution is -0.144. The summed E-state index contributed by atoms with van der Waals surface area (Å²) < 4.78 is 38.4. The molecule has 1 aromatic carbocycles. The van der Waals surface area contributed by atoms with E-state index in [4.69, 9.17) is 11.6 Å². The Balaban J connectivity index is 2.06. The molecule has 0 aliphatic heterocycles. The number of alkyl halides is 3. The van der Waals surface area contributed by atoms with Crippen molar-refractivity contribution >= 4 is 23.2 Å². The predicted octanol–water partition coefficient (Wildman–Crippen LogP) is 2.73. The number of rotatable bonds is 2. The van der Waals surface area contributed by atoms with Crippen LogP contribution >= 0.6 is 11.6 Å². The van der Waals surface area contributed by atoms with Crippen molar-refractivity contribution in [3.05, 3.63) is 52.6 Å². The summed E-state index contributed by atoms with van der Waals surface area (Å²) in [5.41, 5.74) is -0.177. The van der Waals surface area contributed by atoms with Gasteiger partial charge in [0, 0.05) is 17.4 Å². The summed E-state index contributed by atoms with van der Waals surface area (Å²) in [5, 5.41) is 13.2. The number of benzene rings is 1. The number of ketones is 1. The summed E-state index contributed by atoms with van der Waals surface area (Å²) >= 11 is 5.77. The molecule has 10 heteroatoms. The summed E-state index contributed by atoms with van der Waals surface area (Å²) in [6.45, 7) is 0. The van der Waals surface area contributed by atoms with Crippen molar-refractivity contribution in [3.8, 4) is 5.75 Å². The van der Waals surface area contributed by atoms with Crippen LogP contribution in [-0.2, 0) is 6.18 Å². The van der Waals surface area contributed by atoms with Crippen LogP contribution in [0.2, 0.25) is 5.02 Å². The molecule has 0 saturated heterocycles. The molecule has 2 aromatic heterocycles. The van der Waals surface area contributed by atoms with Crippen LogP contribution in [0.5, 0.6) is 5.75 Å². The number of carbonyl (C=O) groups is 1. The van der Waals surface area contributed by atoms with E-state index in [1.807, 2.05) is 0 Å². The first-order chi connectivity index (χ1) is 10.8. The van der Waals surface area contributed by atoms with Crippen molar-refractivity contribution in [3.63, 3.8) is 0 Å². The summed E-state index contributed by atoms with van der Waals surface area (Å²) in [6.07, 6.45) is -2.62. The highest BCUT2D eigenvalue weighted by atomic mass is 35.5. The molecule has 6 nitrogen and oxygen atoms in total. The van der Waals surface area contributed by atoms with E-state index in [1.165, 1.54) is 18.2 Å². The lowest BCUT2D eigenvalue weighted by Gasteiger charge is -2.04. The Labute approximate surface area is 131 Å². The molecule has 0 unspecified atom stereocenters. The van der Waals surface area contributed by atoms with Gasteiger partial charge in [-0.15, -0.1) is 5.10 Å². The average molecular weight is 343 g/mol. The number of phenols is 1. The fourth-order valence-corrected chi connectivity index (χ4v) is 2.04. The third-order valence-electron chi connectivity index (χ3n) is 2.91. The Kier molecular flexibility index (Phi) is 3.44. The van der Waals surface area contributed by atoms with Gasteiger partial charge in [0.2, 0.25) is 0 Å². The Morgan fingerprint density at radius 1 is 1.30 bits per heavy atom. The Morgan fingerprint density at radius 3 is 2.74 bits per heavy atom. The van der Waals surface area contributed by atoms with Gasteiger partial charge in [-0.3, -0.25) is 4.79 Å². The number of hydrogen-bond donors (Lipinski definition) is 1. The quantitative estimate of drug-likeness (QED) is 0.724. The molecule has 0 aliphatic carbocycles. The normalized spacial score (nSPS) is 11.8. The van der Waals surface area contributed by atoms with Crippen molar-refractivity contribution in [1.29, 1.82) is 0 Å². The zero-order chi connectivity index (χ0) is 16.8. The second-order valence-electron chi connectivity index (χ2n) is 4.51. The van der Waals surface area contributed by atoms with E-state index in [1.54, 1.807) is 0 Å². The SMILES string of the molecule is O=C(c1cnc2nc(C(F)(F)F)nn2c1)c1cc(Cl)ccc1O. The molecular formula is C13H6ClF3N4O2. The molecule has 23 heavy (non-hydrogen) atoms. The largest absolute Gasteiger partial charge is 0.507 e. The minimum Gasteiger partial charge on any atom is -0.507 e. The van der Waals surface area contributed by atoms with Crippen molar-refractivity contribution < 1.29 is 23.1 Å². The number of phenolic OH excluding ortho intramolecular Hbond substituents is 1. The monoisotopic (exact) mass is 342 g/mol. The van der Waals surface area contributed by atoms with E-state index in [2.05, 4.69) is 15.1 Å².